The smallest absolute Gasteiger partial charge is 0.341 e. The van der Waals surface area contributed by atoms with Gasteiger partial charge in [0.15, 0.2) is 0 Å². The minimum Gasteiger partial charge on any atom is -0.477 e. The number of halogens is 1. The number of pyridine rings is 1. The van der Waals surface area contributed by atoms with Gasteiger partial charge in [-0.1, -0.05) is 0 Å². The number of carbonyl (C=O) groups is 1. The molecule has 1 aromatic heterocycles. The summed E-state index contributed by atoms with van der Waals surface area (Å²) in [6.45, 7) is 1.50. The molecule has 2 N–H and O–H groups in total. The number of aromatic carboxylic acids is 1. The van der Waals surface area contributed by atoms with Crippen LogP contribution < -0.4 is 15.6 Å². The highest BCUT2D eigenvalue weighted by atomic mass is 19.1. The molecule has 136 valence electrons. The van der Waals surface area contributed by atoms with Crippen LogP contribution in [0.15, 0.2) is 23.1 Å². The van der Waals surface area contributed by atoms with E-state index in [4.69, 9.17) is 0 Å². The van der Waals surface area contributed by atoms with E-state index in [1.807, 2.05) is 4.57 Å². The van der Waals surface area contributed by atoms with Crippen LogP contribution in [0.1, 0.15) is 42.1 Å². The molecule has 2 aliphatic heterocycles. The van der Waals surface area contributed by atoms with E-state index in [0.29, 0.717) is 23.3 Å². The number of aromatic nitrogens is 1. The van der Waals surface area contributed by atoms with E-state index in [2.05, 4.69) is 10.2 Å². The first-order valence-corrected chi connectivity index (χ1v) is 9.14. The Kier molecular flexibility index (Phi) is 3.37. The van der Waals surface area contributed by atoms with Crippen molar-refractivity contribution in [3.8, 4) is 0 Å². The highest BCUT2D eigenvalue weighted by molar-refractivity contribution is 5.93. The van der Waals surface area contributed by atoms with Crippen LogP contribution in [-0.4, -0.2) is 40.8 Å². The Hall–Kier alpha value is -2.41. The number of nitrogens with zero attached hydrogens (tertiary/aromatic N) is 2. The molecule has 2 bridgehead atoms. The van der Waals surface area contributed by atoms with E-state index in [1.54, 1.807) is 6.07 Å². The lowest BCUT2D eigenvalue weighted by atomic mass is 10.1. The molecule has 0 spiro atoms. The molecule has 3 heterocycles. The Bertz CT molecular complexity index is 970. The van der Waals surface area contributed by atoms with Gasteiger partial charge in [-0.2, -0.15) is 0 Å². The second-order valence-corrected chi connectivity index (χ2v) is 7.68. The lowest BCUT2D eigenvalue weighted by Crippen LogP contribution is -2.51. The summed E-state index contributed by atoms with van der Waals surface area (Å²) < 4.78 is 16.7. The molecular weight excluding hydrogens is 337 g/mol. The van der Waals surface area contributed by atoms with Crippen LogP contribution in [0.25, 0.3) is 10.9 Å². The molecule has 0 amide bonds. The van der Waals surface area contributed by atoms with Gasteiger partial charge >= 0.3 is 5.97 Å². The number of nitrogens with one attached hydrogen (secondary N) is 1. The Balaban J connectivity index is 1.69. The second-order valence-electron chi connectivity index (χ2n) is 7.68. The number of hydrogen-bond acceptors (Lipinski definition) is 4. The number of fused-ring (bicyclic) bond motifs is 3. The fourth-order valence-electron chi connectivity index (χ4n) is 4.40. The van der Waals surface area contributed by atoms with Crippen molar-refractivity contribution in [1.82, 2.24) is 9.88 Å². The molecule has 1 aliphatic carbocycles. The molecule has 1 saturated carbocycles. The zero-order chi connectivity index (χ0) is 18.0. The van der Waals surface area contributed by atoms with Gasteiger partial charge in [0.05, 0.1) is 11.2 Å². The normalized spacial score (nSPS) is 25.0. The minimum absolute atomic E-state index is 0.149. The number of piperazine rings is 1. The van der Waals surface area contributed by atoms with Gasteiger partial charge in [0.25, 0.3) is 0 Å². The Morgan fingerprint density at radius 2 is 1.85 bits per heavy atom. The SMILES string of the molecule is O=C(O)c1cn(C2CC2)c2cc(N3CC4CCC(C3)N4)c(F)cc2c1=O. The summed E-state index contributed by atoms with van der Waals surface area (Å²) in [5, 5.41) is 13.0. The van der Waals surface area contributed by atoms with Crippen molar-refractivity contribution in [2.24, 2.45) is 0 Å². The van der Waals surface area contributed by atoms with Crippen LogP contribution in [0.5, 0.6) is 0 Å². The lowest BCUT2D eigenvalue weighted by molar-refractivity contribution is 0.0695. The number of benzene rings is 1. The minimum atomic E-state index is -1.27. The summed E-state index contributed by atoms with van der Waals surface area (Å²) in [6.07, 6.45) is 5.52. The van der Waals surface area contributed by atoms with Crippen molar-refractivity contribution >= 4 is 22.6 Å². The van der Waals surface area contributed by atoms with E-state index >= 15 is 0 Å². The van der Waals surface area contributed by atoms with Gasteiger partial charge in [-0.3, -0.25) is 4.79 Å². The maximum atomic E-state index is 14.9. The molecule has 0 radical (unpaired) electrons. The average molecular weight is 357 g/mol. The number of anilines is 1. The summed E-state index contributed by atoms with van der Waals surface area (Å²) in [4.78, 5) is 26.0. The van der Waals surface area contributed by atoms with Crippen molar-refractivity contribution < 1.29 is 14.3 Å². The highest BCUT2D eigenvalue weighted by Gasteiger charge is 2.34. The van der Waals surface area contributed by atoms with Crippen molar-refractivity contribution in [1.29, 1.82) is 0 Å². The molecule has 26 heavy (non-hydrogen) atoms. The third-order valence-corrected chi connectivity index (χ3v) is 5.83. The van der Waals surface area contributed by atoms with E-state index in [1.165, 1.54) is 12.3 Å². The molecule has 1 aromatic carbocycles. The Labute approximate surface area is 149 Å². The van der Waals surface area contributed by atoms with Crippen molar-refractivity contribution in [3.63, 3.8) is 0 Å². The molecule has 2 aromatic rings. The zero-order valence-electron chi connectivity index (χ0n) is 14.2. The predicted molar refractivity (Wildman–Crippen MR) is 95.6 cm³/mol. The highest BCUT2D eigenvalue weighted by Crippen LogP contribution is 2.38. The van der Waals surface area contributed by atoms with Crippen molar-refractivity contribution in [2.75, 3.05) is 18.0 Å². The molecule has 3 aliphatic rings. The van der Waals surface area contributed by atoms with Crippen LogP contribution in [0.4, 0.5) is 10.1 Å². The summed E-state index contributed by atoms with van der Waals surface area (Å²) in [5.74, 6) is -1.73. The van der Waals surface area contributed by atoms with Crippen LogP contribution in [0.2, 0.25) is 0 Å². The van der Waals surface area contributed by atoms with Crippen LogP contribution >= 0.6 is 0 Å². The monoisotopic (exact) mass is 357 g/mol. The standard InChI is InChI=1S/C19H20FN3O3/c20-15-5-13-16(6-17(15)22-7-10-1-2-11(8-22)21-10)23(12-3-4-12)9-14(18(13)24)19(25)26/h5-6,9-12,21H,1-4,7-8H2,(H,25,26). The Morgan fingerprint density at radius 1 is 1.15 bits per heavy atom. The first kappa shape index (κ1) is 15.8. The number of rotatable bonds is 3. The van der Waals surface area contributed by atoms with Gasteiger partial charge < -0.3 is 19.9 Å². The first-order valence-electron chi connectivity index (χ1n) is 9.14. The van der Waals surface area contributed by atoms with Crippen LogP contribution in [0.3, 0.4) is 0 Å². The van der Waals surface area contributed by atoms with Crippen molar-refractivity contribution in [3.05, 3.63) is 39.9 Å². The second kappa shape index (κ2) is 5.54. The quantitative estimate of drug-likeness (QED) is 0.880. The zero-order valence-corrected chi connectivity index (χ0v) is 14.2. The number of carboxylic acids is 1. The molecular formula is C19H20FN3O3. The maximum Gasteiger partial charge on any atom is 0.341 e. The number of hydrogen-bond donors (Lipinski definition) is 2. The van der Waals surface area contributed by atoms with Crippen molar-refractivity contribution in [2.45, 2.75) is 43.8 Å². The largest absolute Gasteiger partial charge is 0.477 e. The van der Waals surface area contributed by atoms with E-state index in [-0.39, 0.29) is 17.0 Å². The summed E-state index contributed by atoms with van der Waals surface area (Å²) in [6, 6.07) is 3.91. The third kappa shape index (κ3) is 2.41. The summed E-state index contributed by atoms with van der Waals surface area (Å²) in [7, 11) is 0. The Morgan fingerprint density at radius 3 is 2.46 bits per heavy atom. The topological polar surface area (TPSA) is 74.6 Å². The molecule has 2 saturated heterocycles. The summed E-state index contributed by atoms with van der Waals surface area (Å²) >= 11 is 0. The average Bonchev–Trinajstić information content (AvgIpc) is 3.39. The lowest BCUT2D eigenvalue weighted by Gasteiger charge is -2.35. The van der Waals surface area contributed by atoms with Gasteiger partial charge in [-0.05, 0) is 37.8 Å². The fourth-order valence-corrected chi connectivity index (χ4v) is 4.40. The van der Waals surface area contributed by atoms with E-state index in [0.717, 1.165) is 38.8 Å². The molecule has 5 rings (SSSR count). The molecule has 2 unspecified atom stereocenters. The van der Waals surface area contributed by atoms with Crippen LogP contribution in [-0.2, 0) is 0 Å². The van der Waals surface area contributed by atoms with Crippen LogP contribution in [0, 0.1) is 5.82 Å². The molecule has 3 fully saturated rings. The maximum absolute atomic E-state index is 14.9. The van der Waals surface area contributed by atoms with E-state index < -0.39 is 17.2 Å². The van der Waals surface area contributed by atoms with E-state index in [9.17, 15) is 19.1 Å². The molecule has 2 atom stereocenters. The van der Waals surface area contributed by atoms with Gasteiger partial charge in [0, 0.05) is 42.8 Å². The predicted octanol–water partition coefficient (Wildman–Crippen LogP) is 2.11. The van der Waals surface area contributed by atoms with Gasteiger partial charge in [0.2, 0.25) is 5.43 Å². The number of carboxylic acid groups (broad SMARTS) is 1. The first-order chi connectivity index (χ1) is 12.5. The molecule has 7 heteroatoms. The summed E-state index contributed by atoms with van der Waals surface area (Å²) in [5.41, 5.74) is 0.226. The third-order valence-electron chi connectivity index (χ3n) is 5.83. The fraction of sp³-hybridized carbons (Fsp3) is 0.474. The van der Waals surface area contributed by atoms with Gasteiger partial charge in [0.1, 0.15) is 11.4 Å². The van der Waals surface area contributed by atoms with Gasteiger partial charge in [-0.15, -0.1) is 0 Å². The van der Waals surface area contributed by atoms with Gasteiger partial charge in [-0.25, -0.2) is 9.18 Å². The molecule has 6 nitrogen and oxygen atoms in total.